The van der Waals surface area contributed by atoms with E-state index in [9.17, 15) is 4.79 Å². The average molecular weight is 296 g/mol. The summed E-state index contributed by atoms with van der Waals surface area (Å²) in [5.74, 6) is 0.398. The fourth-order valence-corrected chi connectivity index (χ4v) is 2.37. The van der Waals surface area contributed by atoms with Crippen LogP contribution in [0, 0.1) is 0 Å². The molecule has 1 aromatic rings. The van der Waals surface area contributed by atoms with Gasteiger partial charge in [0.25, 0.3) is 0 Å². The van der Waals surface area contributed by atoms with Gasteiger partial charge >= 0.3 is 5.97 Å². The van der Waals surface area contributed by atoms with Crippen LogP contribution in [0.2, 0.25) is 5.02 Å². The molecule has 0 saturated heterocycles. The molecular formula is C15H18ClNO3. The molecule has 0 aliphatic carbocycles. The fourth-order valence-electron chi connectivity index (χ4n) is 2.17. The van der Waals surface area contributed by atoms with E-state index in [-0.39, 0.29) is 5.70 Å². The van der Waals surface area contributed by atoms with Crippen molar-refractivity contribution in [3.8, 4) is 5.75 Å². The number of nitrogens with one attached hydrogen (secondary N) is 1. The van der Waals surface area contributed by atoms with Crippen molar-refractivity contribution in [3.05, 3.63) is 41.1 Å². The molecule has 1 aromatic carbocycles. The topological polar surface area (TPSA) is 47.6 Å². The lowest BCUT2D eigenvalue weighted by molar-refractivity contribution is -0.139. The SMILES string of the molecule is C=C(NCC1(C)Cc2cc(Cl)ccc2O1)C(=O)OCC. The van der Waals surface area contributed by atoms with Gasteiger partial charge in [0.15, 0.2) is 0 Å². The molecule has 1 aliphatic rings. The van der Waals surface area contributed by atoms with E-state index >= 15 is 0 Å². The first-order chi connectivity index (χ1) is 9.43. The third kappa shape index (κ3) is 3.25. The molecular weight excluding hydrogens is 278 g/mol. The van der Waals surface area contributed by atoms with Gasteiger partial charge in [-0.1, -0.05) is 18.2 Å². The van der Waals surface area contributed by atoms with E-state index < -0.39 is 11.6 Å². The van der Waals surface area contributed by atoms with E-state index in [2.05, 4.69) is 11.9 Å². The lowest BCUT2D eigenvalue weighted by Gasteiger charge is -2.25. The van der Waals surface area contributed by atoms with Crippen molar-refractivity contribution in [1.82, 2.24) is 5.32 Å². The summed E-state index contributed by atoms with van der Waals surface area (Å²) in [7, 11) is 0. The molecule has 1 atom stereocenters. The second-order valence-corrected chi connectivity index (χ2v) is 5.47. The molecule has 0 amide bonds. The molecule has 0 spiro atoms. The van der Waals surface area contributed by atoms with E-state index in [0.717, 1.165) is 17.7 Å². The van der Waals surface area contributed by atoms with Crippen LogP contribution >= 0.6 is 11.6 Å². The third-order valence-corrected chi connectivity index (χ3v) is 3.38. The monoisotopic (exact) mass is 295 g/mol. The first-order valence-corrected chi connectivity index (χ1v) is 6.89. The lowest BCUT2D eigenvalue weighted by atomic mass is 9.99. The van der Waals surface area contributed by atoms with Gasteiger partial charge in [0.1, 0.15) is 17.0 Å². The van der Waals surface area contributed by atoms with Gasteiger partial charge in [0.2, 0.25) is 0 Å². The number of carbonyl (C=O) groups excluding carboxylic acids is 1. The highest BCUT2D eigenvalue weighted by Gasteiger charge is 2.35. The van der Waals surface area contributed by atoms with Gasteiger partial charge in [-0.15, -0.1) is 0 Å². The number of benzene rings is 1. The Balaban J connectivity index is 1.95. The normalized spacial score (nSPS) is 19.9. The summed E-state index contributed by atoms with van der Waals surface area (Å²) in [5, 5.41) is 3.67. The highest BCUT2D eigenvalue weighted by molar-refractivity contribution is 6.30. The largest absolute Gasteiger partial charge is 0.485 e. The van der Waals surface area contributed by atoms with Gasteiger partial charge in [-0.25, -0.2) is 4.79 Å². The Labute approximate surface area is 123 Å². The van der Waals surface area contributed by atoms with Gasteiger partial charge in [-0.2, -0.15) is 0 Å². The maximum atomic E-state index is 11.5. The smallest absolute Gasteiger partial charge is 0.353 e. The molecule has 20 heavy (non-hydrogen) atoms. The molecule has 1 aliphatic heterocycles. The van der Waals surface area contributed by atoms with Crippen molar-refractivity contribution < 1.29 is 14.3 Å². The summed E-state index contributed by atoms with van der Waals surface area (Å²) < 4.78 is 10.8. The highest BCUT2D eigenvalue weighted by Crippen LogP contribution is 2.36. The number of hydrogen-bond donors (Lipinski definition) is 1. The van der Waals surface area contributed by atoms with Crippen LogP contribution in [0.25, 0.3) is 0 Å². The molecule has 0 aromatic heterocycles. The Morgan fingerprint density at radius 1 is 1.60 bits per heavy atom. The molecule has 2 rings (SSSR count). The van der Waals surface area contributed by atoms with Crippen molar-refractivity contribution >= 4 is 17.6 Å². The molecule has 0 radical (unpaired) electrons. The van der Waals surface area contributed by atoms with Crippen molar-refractivity contribution in [2.24, 2.45) is 0 Å². The molecule has 1 heterocycles. The first-order valence-electron chi connectivity index (χ1n) is 6.51. The van der Waals surface area contributed by atoms with Crippen LogP contribution in [0.5, 0.6) is 5.75 Å². The molecule has 0 saturated carbocycles. The molecule has 4 nitrogen and oxygen atoms in total. The molecule has 1 unspecified atom stereocenters. The van der Waals surface area contributed by atoms with Crippen molar-refractivity contribution in [2.75, 3.05) is 13.2 Å². The number of halogens is 1. The molecule has 5 heteroatoms. The second kappa shape index (κ2) is 5.75. The maximum Gasteiger partial charge on any atom is 0.353 e. The second-order valence-electron chi connectivity index (χ2n) is 5.03. The number of ether oxygens (including phenoxy) is 2. The molecule has 0 fully saturated rings. The number of rotatable bonds is 5. The van der Waals surface area contributed by atoms with E-state index in [1.807, 2.05) is 19.1 Å². The van der Waals surface area contributed by atoms with Crippen LogP contribution < -0.4 is 10.1 Å². The minimum Gasteiger partial charge on any atom is -0.485 e. The Morgan fingerprint density at radius 2 is 2.35 bits per heavy atom. The Hall–Kier alpha value is -1.68. The molecule has 1 N–H and O–H groups in total. The zero-order valence-corrected chi connectivity index (χ0v) is 12.4. The van der Waals surface area contributed by atoms with Gasteiger partial charge in [0.05, 0.1) is 13.2 Å². The van der Waals surface area contributed by atoms with Crippen LogP contribution in [0.4, 0.5) is 0 Å². The molecule has 108 valence electrons. The Bertz CT molecular complexity index is 544. The van der Waals surface area contributed by atoms with E-state index in [4.69, 9.17) is 21.1 Å². The Morgan fingerprint density at radius 3 is 3.05 bits per heavy atom. The predicted molar refractivity (Wildman–Crippen MR) is 78.0 cm³/mol. The van der Waals surface area contributed by atoms with Crippen molar-refractivity contribution in [1.29, 1.82) is 0 Å². The summed E-state index contributed by atoms with van der Waals surface area (Å²) in [6.45, 7) is 8.20. The number of fused-ring (bicyclic) bond motifs is 1. The first kappa shape index (κ1) is 14.7. The maximum absolute atomic E-state index is 11.5. The van der Waals surface area contributed by atoms with Gasteiger partial charge in [-0.3, -0.25) is 0 Å². The summed E-state index contributed by atoms with van der Waals surface area (Å²) in [5.41, 5.74) is 0.886. The van der Waals surface area contributed by atoms with Crippen LogP contribution in [-0.4, -0.2) is 24.7 Å². The fraction of sp³-hybridized carbons (Fsp3) is 0.400. The van der Waals surface area contributed by atoms with Crippen molar-refractivity contribution in [3.63, 3.8) is 0 Å². The van der Waals surface area contributed by atoms with E-state index in [1.54, 1.807) is 13.0 Å². The summed E-state index contributed by atoms with van der Waals surface area (Å²) in [6.07, 6.45) is 0.728. The van der Waals surface area contributed by atoms with E-state index in [1.165, 1.54) is 0 Å². The Kier molecular flexibility index (Phi) is 4.23. The number of esters is 1. The van der Waals surface area contributed by atoms with Crippen molar-refractivity contribution in [2.45, 2.75) is 25.9 Å². The van der Waals surface area contributed by atoms with Crippen LogP contribution in [0.15, 0.2) is 30.5 Å². The van der Waals surface area contributed by atoms with Gasteiger partial charge in [0, 0.05) is 11.4 Å². The zero-order chi connectivity index (χ0) is 14.8. The predicted octanol–water partition coefficient (Wildman–Crippen LogP) is 2.70. The quantitative estimate of drug-likeness (QED) is 0.670. The van der Waals surface area contributed by atoms with E-state index in [0.29, 0.717) is 18.2 Å². The summed E-state index contributed by atoms with van der Waals surface area (Å²) in [6, 6.07) is 5.57. The standard InChI is InChI=1S/C15H18ClNO3/c1-4-19-14(18)10(2)17-9-15(3)8-11-7-12(16)5-6-13(11)20-15/h5-7,17H,2,4,8-9H2,1,3H3. The van der Waals surface area contributed by atoms with Crippen LogP contribution in [-0.2, 0) is 16.0 Å². The minimum atomic E-state index is -0.436. The lowest BCUT2D eigenvalue weighted by Crippen LogP contribution is -2.42. The number of hydrogen-bond acceptors (Lipinski definition) is 4. The van der Waals surface area contributed by atoms with Crippen LogP contribution in [0.3, 0.4) is 0 Å². The molecule has 0 bridgehead atoms. The number of carbonyl (C=O) groups is 1. The van der Waals surface area contributed by atoms with Crippen LogP contribution in [0.1, 0.15) is 19.4 Å². The summed E-state index contributed by atoms with van der Waals surface area (Å²) in [4.78, 5) is 11.5. The minimum absolute atomic E-state index is 0.241. The summed E-state index contributed by atoms with van der Waals surface area (Å²) >= 11 is 5.97. The third-order valence-electron chi connectivity index (χ3n) is 3.14. The van der Waals surface area contributed by atoms with Gasteiger partial charge in [-0.05, 0) is 37.6 Å². The highest BCUT2D eigenvalue weighted by atomic mass is 35.5. The zero-order valence-electron chi connectivity index (χ0n) is 11.7. The van der Waals surface area contributed by atoms with Gasteiger partial charge < -0.3 is 14.8 Å². The average Bonchev–Trinajstić information content (AvgIpc) is 2.72.